The molecule has 0 aromatic heterocycles. The number of anilines is 1. The van der Waals surface area contributed by atoms with Gasteiger partial charge in [-0.3, -0.25) is 9.59 Å². The van der Waals surface area contributed by atoms with E-state index < -0.39 is 0 Å². The summed E-state index contributed by atoms with van der Waals surface area (Å²) in [4.78, 5) is 31.6. The van der Waals surface area contributed by atoms with Crippen LogP contribution in [-0.4, -0.2) is 89.5 Å². The van der Waals surface area contributed by atoms with E-state index in [1.165, 1.54) is 11.3 Å². The minimum atomic E-state index is -0.184. The van der Waals surface area contributed by atoms with Gasteiger partial charge in [-0.1, -0.05) is 18.2 Å². The van der Waals surface area contributed by atoms with E-state index in [4.69, 9.17) is 14.2 Å². The lowest BCUT2D eigenvalue weighted by molar-refractivity contribution is -0.137. The van der Waals surface area contributed by atoms with Gasteiger partial charge in [-0.05, 0) is 55.5 Å². The number of carbonyl (C=O) groups is 2. The number of nitrogens with one attached hydrogen (secondary N) is 2. The van der Waals surface area contributed by atoms with Gasteiger partial charge in [0.05, 0.1) is 20.1 Å². The Morgan fingerprint density at radius 3 is 2.60 bits per heavy atom. The Balaban J connectivity index is 1.22. The molecule has 0 spiro atoms. The first kappa shape index (κ1) is 28.2. The molecule has 9 heteroatoms. The van der Waals surface area contributed by atoms with Crippen LogP contribution in [0.25, 0.3) is 0 Å². The molecular weight excluding hydrogens is 508 g/mol. The maximum absolute atomic E-state index is 13.9. The number of hydrogen-bond donors (Lipinski definition) is 2. The van der Waals surface area contributed by atoms with Crippen molar-refractivity contribution in [2.75, 3.05) is 65.6 Å². The van der Waals surface area contributed by atoms with Crippen LogP contribution in [0.15, 0.2) is 42.5 Å². The second kappa shape index (κ2) is 12.9. The number of ether oxygens (including phenoxy) is 3. The van der Waals surface area contributed by atoms with Gasteiger partial charge < -0.3 is 34.6 Å². The van der Waals surface area contributed by atoms with E-state index in [1.54, 1.807) is 39.5 Å². The maximum atomic E-state index is 13.9. The van der Waals surface area contributed by atoms with Crippen LogP contribution < -0.4 is 25.0 Å². The van der Waals surface area contributed by atoms with Crippen LogP contribution in [0.3, 0.4) is 0 Å². The minimum absolute atomic E-state index is 0.132. The molecule has 9 nitrogen and oxygen atoms in total. The molecule has 1 saturated heterocycles. The van der Waals surface area contributed by atoms with Crippen molar-refractivity contribution in [3.63, 3.8) is 0 Å². The molecule has 2 aromatic carbocycles. The number of rotatable bonds is 12. The number of nitrogens with zero attached hydrogens (tertiary/aromatic N) is 2. The molecule has 216 valence electrons. The third kappa shape index (κ3) is 6.36. The highest BCUT2D eigenvalue weighted by atomic mass is 16.5. The van der Waals surface area contributed by atoms with Gasteiger partial charge in [0, 0.05) is 75.7 Å². The predicted molar refractivity (Wildman–Crippen MR) is 154 cm³/mol. The van der Waals surface area contributed by atoms with Gasteiger partial charge in [-0.25, -0.2) is 0 Å². The standard InChI is InChI=1S/C31H42N4O5/c1-38-14-6-13-34-19-23(26-7-4-5-8-27(26)34)20-35(25-10-11-25)31(37)22-15-24(18-32-17-22)33-30(36)21-9-12-28(39-2)29(16-21)40-3/h4-5,7-9,12,16,22-25,32H,6,10-11,13-15,17-20H2,1-3H3,(H,33,36)/t22-,23?,24+/m0/s1. The molecule has 1 saturated carbocycles. The highest BCUT2D eigenvalue weighted by Gasteiger charge is 2.40. The average molecular weight is 551 g/mol. The summed E-state index contributed by atoms with van der Waals surface area (Å²) in [6, 6.07) is 13.9. The lowest BCUT2D eigenvalue weighted by Gasteiger charge is -2.35. The Morgan fingerprint density at radius 1 is 1.05 bits per heavy atom. The first-order chi connectivity index (χ1) is 19.5. The monoisotopic (exact) mass is 550 g/mol. The quantitative estimate of drug-likeness (QED) is 0.393. The van der Waals surface area contributed by atoms with Gasteiger partial charge in [0.25, 0.3) is 5.91 Å². The molecule has 3 aliphatic rings. The number of hydrogen-bond acceptors (Lipinski definition) is 7. The Bertz CT molecular complexity index is 1190. The first-order valence-corrected chi connectivity index (χ1v) is 14.4. The van der Waals surface area contributed by atoms with Gasteiger partial charge >= 0.3 is 0 Å². The van der Waals surface area contributed by atoms with E-state index in [0.717, 1.165) is 45.5 Å². The Kier molecular flexibility index (Phi) is 9.11. The van der Waals surface area contributed by atoms with E-state index in [1.807, 2.05) is 0 Å². The fraction of sp³-hybridized carbons (Fsp3) is 0.548. The van der Waals surface area contributed by atoms with Crippen molar-refractivity contribution in [2.24, 2.45) is 5.92 Å². The van der Waals surface area contributed by atoms with Crippen LogP contribution in [0.1, 0.15) is 47.5 Å². The molecule has 2 heterocycles. The first-order valence-electron chi connectivity index (χ1n) is 14.4. The number of fused-ring (bicyclic) bond motifs is 1. The Hall–Kier alpha value is -3.30. The summed E-state index contributed by atoms with van der Waals surface area (Å²) in [7, 11) is 4.86. The second-order valence-corrected chi connectivity index (χ2v) is 11.1. The summed E-state index contributed by atoms with van der Waals surface area (Å²) in [6.07, 6.45) is 3.74. The zero-order valence-corrected chi connectivity index (χ0v) is 23.9. The van der Waals surface area contributed by atoms with Gasteiger partial charge in [0.1, 0.15) is 0 Å². The molecule has 0 bridgehead atoms. The number of carbonyl (C=O) groups excluding carboxylic acids is 2. The zero-order chi connectivity index (χ0) is 28.1. The summed E-state index contributed by atoms with van der Waals surface area (Å²) in [6.45, 7) is 4.63. The van der Waals surface area contributed by atoms with Crippen molar-refractivity contribution < 1.29 is 23.8 Å². The number of benzene rings is 2. The molecule has 40 heavy (non-hydrogen) atoms. The smallest absolute Gasteiger partial charge is 0.251 e. The zero-order valence-electron chi connectivity index (χ0n) is 23.9. The molecule has 3 atom stereocenters. The van der Waals surface area contributed by atoms with E-state index in [9.17, 15) is 9.59 Å². The van der Waals surface area contributed by atoms with E-state index >= 15 is 0 Å². The van der Waals surface area contributed by atoms with Gasteiger partial charge in [-0.2, -0.15) is 0 Å². The van der Waals surface area contributed by atoms with Crippen LogP contribution >= 0.6 is 0 Å². The highest BCUT2D eigenvalue weighted by molar-refractivity contribution is 5.95. The van der Waals surface area contributed by atoms with E-state index in [2.05, 4.69) is 44.7 Å². The van der Waals surface area contributed by atoms with Crippen LogP contribution in [0, 0.1) is 5.92 Å². The number of piperidine rings is 1. The third-order valence-electron chi connectivity index (χ3n) is 8.30. The Labute approximate surface area is 237 Å². The molecule has 5 rings (SSSR count). The fourth-order valence-electron chi connectivity index (χ4n) is 6.11. The lowest BCUT2D eigenvalue weighted by atomic mass is 9.93. The largest absolute Gasteiger partial charge is 0.493 e. The van der Waals surface area contributed by atoms with Crippen molar-refractivity contribution in [2.45, 2.75) is 43.7 Å². The Morgan fingerprint density at radius 2 is 1.85 bits per heavy atom. The second-order valence-electron chi connectivity index (χ2n) is 11.1. The summed E-state index contributed by atoms with van der Waals surface area (Å²) < 4.78 is 15.9. The van der Waals surface area contributed by atoms with Crippen LogP contribution in [0.5, 0.6) is 11.5 Å². The molecule has 2 N–H and O–H groups in total. The topological polar surface area (TPSA) is 92.4 Å². The normalized spacial score (nSPS) is 22.0. The molecule has 2 aromatic rings. The molecule has 1 unspecified atom stereocenters. The van der Waals surface area contributed by atoms with Crippen molar-refractivity contribution >= 4 is 17.5 Å². The molecular formula is C31H42N4O5. The van der Waals surface area contributed by atoms with Crippen molar-refractivity contribution in [1.82, 2.24) is 15.5 Å². The SMILES string of the molecule is COCCCN1CC(CN(C(=O)[C@@H]2CNC[C@H](NC(=O)c3ccc(OC)c(OC)c3)C2)C2CC2)c2ccccc21. The van der Waals surface area contributed by atoms with Gasteiger partial charge in [-0.15, -0.1) is 0 Å². The number of amides is 2. The summed E-state index contributed by atoms with van der Waals surface area (Å²) in [5, 5.41) is 6.52. The average Bonchev–Trinajstić information content (AvgIpc) is 3.77. The fourth-order valence-corrected chi connectivity index (χ4v) is 6.11. The number of methoxy groups -OCH3 is 3. The summed E-state index contributed by atoms with van der Waals surface area (Å²) in [5.41, 5.74) is 3.12. The van der Waals surface area contributed by atoms with E-state index in [-0.39, 0.29) is 23.8 Å². The molecule has 2 aliphatic heterocycles. The van der Waals surface area contributed by atoms with Gasteiger partial charge in [0.2, 0.25) is 5.91 Å². The maximum Gasteiger partial charge on any atom is 0.251 e. The highest BCUT2D eigenvalue weighted by Crippen LogP contribution is 2.39. The van der Waals surface area contributed by atoms with Gasteiger partial charge in [0.15, 0.2) is 11.5 Å². The predicted octanol–water partition coefficient (Wildman–Crippen LogP) is 3.04. The third-order valence-corrected chi connectivity index (χ3v) is 8.30. The van der Waals surface area contributed by atoms with Crippen LogP contribution in [0.4, 0.5) is 5.69 Å². The van der Waals surface area contributed by atoms with Crippen molar-refractivity contribution in [3.05, 3.63) is 53.6 Å². The van der Waals surface area contributed by atoms with Crippen LogP contribution in [0.2, 0.25) is 0 Å². The summed E-state index contributed by atoms with van der Waals surface area (Å²) in [5.74, 6) is 1.23. The van der Waals surface area contributed by atoms with Crippen LogP contribution in [-0.2, 0) is 9.53 Å². The summed E-state index contributed by atoms with van der Waals surface area (Å²) >= 11 is 0. The molecule has 0 radical (unpaired) electrons. The molecule has 1 aliphatic carbocycles. The minimum Gasteiger partial charge on any atom is -0.493 e. The molecule has 2 fully saturated rings. The number of para-hydroxylation sites is 1. The molecule has 2 amide bonds. The lowest BCUT2D eigenvalue weighted by Crippen LogP contribution is -2.53. The van der Waals surface area contributed by atoms with Crippen molar-refractivity contribution in [3.8, 4) is 11.5 Å². The van der Waals surface area contributed by atoms with Crippen molar-refractivity contribution in [1.29, 1.82) is 0 Å². The van der Waals surface area contributed by atoms with E-state index in [0.29, 0.717) is 48.5 Å².